The average molecular weight is 581 g/mol. The maximum absolute atomic E-state index is 13.8. The third-order valence-corrected chi connectivity index (χ3v) is 8.37. The maximum Gasteiger partial charge on any atom is 0.264 e. The number of aryl methyl sites for hydroxylation is 1. The van der Waals surface area contributed by atoms with Gasteiger partial charge >= 0.3 is 0 Å². The Morgan fingerprint density at radius 1 is 1.00 bits per heavy atom. The standard InChI is InChI=1S/C27H28Cl2FN3O4S/c1-4-25(27(35)31-3)32(16-19-7-8-20(28)15-24(19)29)26(34)17-33(22-11-9-21(30)10-12-22)38(36,37)23-13-5-18(2)6-14-23/h5-15,25H,4,16-17H2,1-3H3,(H,31,35)/t25-/m1/s1. The lowest BCUT2D eigenvalue weighted by Gasteiger charge is -2.33. The van der Waals surface area contributed by atoms with E-state index >= 15 is 0 Å². The molecule has 2 amide bonds. The molecule has 0 spiro atoms. The van der Waals surface area contributed by atoms with E-state index in [1.807, 2.05) is 6.92 Å². The van der Waals surface area contributed by atoms with Gasteiger partial charge in [-0.2, -0.15) is 0 Å². The maximum atomic E-state index is 13.8. The van der Waals surface area contributed by atoms with Gasteiger partial charge in [-0.1, -0.05) is 53.9 Å². The molecule has 0 unspecified atom stereocenters. The predicted octanol–water partition coefficient (Wildman–Crippen LogP) is 5.19. The van der Waals surface area contributed by atoms with E-state index in [-0.39, 0.29) is 23.5 Å². The molecule has 3 rings (SSSR count). The molecule has 0 radical (unpaired) electrons. The lowest BCUT2D eigenvalue weighted by atomic mass is 10.1. The van der Waals surface area contributed by atoms with Crippen LogP contribution in [0.1, 0.15) is 24.5 Å². The Kier molecular flexibility index (Phi) is 9.76. The van der Waals surface area contributed by atoms with Crippen molar-refractivity contribution in [1.82, 2.24) is 10.2 Å². The molecule has 0 aliphatic heterocycles. The highest BCUT2D eigenvalue weighted by Crippen LogP contribution is 2.27. The first-order chi connectivity index (χ1) is 18.0. The number of anilines is 1. The van der Waals surface area contributed by atoms with Gasteiger partial charge in [-0.25, -0.2) is 12.8 Å². The Morgan fingerprint density at radius 2 is 1.63 bits per heavy atom. The number of nitrogens with zero attached hydrogens (tertiary/aromatic N) is 2. The Labute approximate surface area is 232 Å². The molecule has 0 saturated heterocycles. The van der Waals surface area contributed by atoms with Gasteiger partial charge in [-0.05, 0) is 67.4 Å². The molecule has 0 aromatic heterocycles. The molecule has 0 bridgehead atoms. The number of carbonyl (C=O) groups excluding carboxylic acids is 2. The van der Waals surface area contributed by atoms with E-state index in [1.165, 1.54) is 42.3 Å². The molecule has 38 heavy (non-hydrogen) atoms. The third-order valence-electron chi connectivity index (χ3n) is 5.99. The summed E-state index contributed by atoms with van der Waals surface area (Å²) in [7, 11) is -2.78. The molecule has 0 fully saturated rings. The van der Waals surface area contributed by atoms with Crippen molar-refractivity contribution >= 4 is 50.7 Å². The summed E-state index contributed by atoms with van der Waals surface area (Å²) in [4.78, 5) is 27.8. The van der Waals surface area contributed by atoms with Gasteiger partial charge in [0.15, 0.2) is 0 Å². The molecule has 1 atom stereocenters. The van der Waals surface area contributed by atoms with Gasteiger partial charge in [0.1, 0.15) is 18.4 Å². The van der Waals surface area contributed by atoms with Gasteiger partial charge < -0.3 is 10.2 Å². The molecule has 0 aliphatic carbocycles. The minimum absolute atomic E-state index is 0.0362. The zero-order valence-corrected chi connectivity index (χ0v) is 23.4. The fourth-order valence-electron chi connectivity index (χ4n) is 3.89. The fourth-order valence-corrected chi connectivity index (χ4v) is 5.78. The summed E-state index contributed by atoms with van der Waals surface area (Å²) in [5.41, 5.74) is 1.48. The van der Waals surface area contributed by atoms with Crippen LogP contribution >= 0.6 is 23.2 Å². The highest BCUT2D eigenvalue weighted by atomic mass is 35.5. The zero-order chi connectivity index (χ0) is 28.0. The SMILES string of the molecule is CC[C@H](C(=O)NC)N(Cc1ccc(Cl)cc1Cl)C(=O)CN(c1ccc(F)cc1)S(=O)(=O)c1ccc(C)cc1. The second-order valence-electron chi connectivity index (χ2n) is 8.60. The highest BCUT2D eigenvalue weighted by Gasteiger charge is 2.33. The van der Waals surface area contributed by atoms with Crippen molar-refractivity contribution in [3.8, 4) is 0 Å². The summed E-state index contributed by atoms with van der Waals surface area (Å²) in [6.07, 6.45) is 0.262. The lowest BCUT2D eigenvalue weighted by Crippen LogP contribution is -2.51. The van der Waals surface area contributed by atoms with Crippen LogP contribution in [-0.2, 0) is 26.2 Å². The zero-order valence-electron chi connectivity index (χ0n) is 21.1. The second kappa shape index (κ2) is 12.6. The number of hydrogen-bond acceptors (Lipinski definition) is 4. The summed E-state index contributed by atoms with van der Waals surface area (Å²) in [6.45, 7) is 2.86. The average Bonchev–Trinajstić information content (AvgIpc) is 2.88. The number of halogens is 3. The van der Waals surface area contributed by atoms with Gasteiger partial charge in [0, 0.05) is 23.6 Å². The van der Waals surface area contributed by atoms with Crippen LogP contribution in [0.2, 0.25) is 10.0 Å². The molecule has 3 aromatic rings. The van der Waals surface area contributed by atoms with E-state index in [9.17, 15) is 22.4 Å². The Hall–Kier alpha value is -3.14. The normalized spacial score (nSPS) is 12.1. The van der Waals surface area contributed by atoms with Crippen molar-refractivity contribution in [1.29, 1.82) is 0 Å². The number of hydrogen-bond donors (Lipinski definition) is 1. The van der Waals surface area contributed by atoms with Crippen LogP contribution in [0.25, 0.3) is 0 Å². The Bertz CT molecular complexity index is 1400. The second-order valence-corrected chi connectivity index (χ2v) is 11.3. The number of sulfonamides is 1. The highest BCUT2D eigenvalue weighted by molar-refractivity contribution is 7.92. The lowest BCUT2D eigenvalue weighted by molar-refractivity contribution is -0.140. The first kappa shape index (κ1) is 29.4. The van der Waals surface area contributed by atoms with E-state index in [4.69, 9.17) is 23.2 Å². The van der Waals surface area contributed by atoms with E-state index in [1.54, 1.807) is 31.2 Å². The number of nitrogens with one attached hydrogen (secondary N) is 1. The summed E-state index contributed by atoms with van der Waals surface area (Å²) in [5.74, 6) is -1.62. The van der Waals surface area contributed by atoms with Gasteiger partial charge in [0.25, 0.3) is 10.0 Å². The summed E-state index contributed by atoms with van der Waals surface area (Å²) < 4.78 is 42.0. The van der Waals surface area contributed by atoms with E-state index in [2.05, 4.69) is 5.32 Å². The molecule has 0 saturated carbocycles. The largest absolute Gasteiger partial charge is 0.357 e. The van der Waals surface area contributed by atoms with Gasteiger partial charge in [0.2, 0.25) is 11.8 Å². The van der Waals surface area contributed by atoms with Crippen molar-refractivity contribution in [2.24, 2.45) is 0 Å². The monoisotopic (exact) mass is 579 g/mol. The minimum Gasteiger partial charge on any atom is -0.357 e. The van der Waals surface area contributed by atoms with Crippen molar-refractivity contribution < 1.29 is 22.4 Å². The van der Waals surface area contributed by atoms with Crippen LogP contribution in [-0.4, -0.2) is 44.8 Å². The third kappa shape index (κ3) is 6.83. The first-order valence-electron chi connectivity index (χ1n) is 11.8. The van der Waals surface area contributed by atoms with Crippen LogP contribution in [0.4, 0.5) is 10.1 Å². The Balaban J connectivity index is 2.07. The van der Waals surface area contributed by atoms with Crippen LogP contribution in [0.5, 0.6) is 0 Å². The fraction of sp³-hybridized carbons (Fsp3) is 0.259. The number of amides is 2. The number of rotatable bonds is 10. The first-order valence-corrected chi connectivity index (χ1v) is 14.0. The van der Waals surface area contributed by atoms with E-state index in [0.717, 1.165) is 22.0 Å². The van der Waals surface area contributed by atoms with Crippen molar-refractivity contribution in [3.05, 3.63) is 93.7 Å². The van der Waals surface area contributed by atoms with Crippen LogP contribution in [0, 0.1) is 12.7 Å². The molecule has 3 aromatic carbocycles. The molecule has 11 heteroatoms. The van der Waals surface area contributed by atoms with Crippen LogP contribution < -0.4 is 9.62 Å². The van der Waals surface area contributed by atoms with E-state index < -0.39 is 40.2 Å². The molecule has 202 valence electrons. The van der Waals surface area contributed by atoms with Crippen LogP contribution in [0.15, 0.2) is 71.6 Å². The smallest absolute Gasteiger partial charge is 0.264 e. The van der Waals surface area contributed by atoms with Crippen molar-refractivity contribution in [3.63, 3.8) is 0 Å². The number of likely N-dealkylation sites (N-methyl/N-ethyl adjacent to an activating group) is 1. The molecule has 7 nitrogen and oxygen atoms in total. The number of benzene rings is 3. The molecule has 0 aliphatic rings. The molecular weight excluding hydrogens is 552 g/mol. The van der Waals surface area contributed by atoms with E-state index in [0.29, 0.717) is 15.6 Å². The minimum atomic E-state index is -4.24. The number of carbonyl (C=O) groups is 2. The van der Waals surface area contributed by atoms with Gasteiger partial charge in [-0.15, -0.1) is 0 Å². The predicted molar refractivity (Wildman–Crippen MR) is 147 cm³/mol. The summed E-state index contributed by atoms with van der Waals surface area (Å²) in [5, 5.41) is 3.25. The topological polar surface area (TPSA) is 86.8 Å². The van der Waals surface area contributed by atoms with Gasteiger partial charge in [0.05, 0.1) is 10.6 Å². The van der Waals surface area contributed by atoms with Crippen LogP contribution in [0.3, 0.4) is 0 Å². The quantitative estimate of drug-likeness (QED) is 0.358. The Morgan fingerprint density at radius 3 is 2.18 bits per heavy atom. The molecule has 0 heterocycles. The summed E-state index contributed by atoms with van der Waals surface area (Å²) in [6, 6.07) is 14.8. The molecule has 1 N–H and O–H groups in total. The summed E-state index contributed by atoms with van der Waals surface area (Å²) >= 11 is 12.4. The van der Waals surface area contributed by atoms with Crippen molar-refractivity contribution in [2.75, 3.05) is 17.9 Å². The molecular formula is C27H28Cl2FN3O4S. The van der Waals surface area contributed by atoms with Crippen molar-refractivity contribution in [2.45, 2.75) is 37.8 Å². The van der Waals surface area contributed by atoms with Gasteiger partial charge in [-0.3, -0.25) is 13.9 Å².